The molecule has 0 saturated heterocycles. The molecule has 0 aliphatic rings. The number of nitrogen functional groups attached to an aromatic ring is 1. The van der Waals surface area contributed by atoms with Gasteiger partial charge in [0, 0.05) is 24.5 Å². The Morgan fingerprint density at radius 1 is 0.857 bits per heavy atom. The van der Waals surface area contributed by atoms with E-state index in [-0.39, 0.29) is 17.2 Å². The second-order valence-corrected chi connectivity index (χ2v) is 11.7. The van der Waals surface area contributed by atoms with Crippen LogP contribution in [0.15, 0.2) is 89.8 Å². The monoisotopic (exact) mass is 586 g/mol. The van der Waals surface area contributed by atoms with E-state index in [1.807, 2.05) is 25.1 Å². The van der Waals surface area contributed by atoms with Crippen molar-refractivity contribution in [2.75, 3.05) is 24.1 Å². The second kappa shape index (κ2) is 12.9. The Morgan fingerprint density at radius 3 is 2.19 bits per heavy atom. The third-order valence-electron chi connectivity index (χ3n) is 7.06. The van der Waals surface area contributed by atoms with Crippen LogP contribution in [0.4, 0.5) is 11.4 Å². The summed E-state index contributed by atoms with van der Waals surface area (Å²) in [5, 5.41) is 4.37. The molecular weight excluding hydrogens is 552 g/mol. The fourth-order valence-electron chi connectivity index (χ4n) is 4.67. The fourth-order valence-corrected chi connectivity index (χ4v) is 5.72. The number of sulfonamides is 1. The summed E-state index contributed by atoms with van der Waals surface area (Å²) in [6.07, 6.45) is -0.0343. The summed E-state index contributed by atoms with van der Waals surface area (Å²) in [7, 11) is -4.24. The Morgan fingerprint density at radius 2 is 1.52 bits per heavy atom. The normalized spacial score (nSPS) is 12.0. The molecule has 0 bridgehead atoms. The molecule has 0 radical (unpaired) electrons. The van der Waals surface area contributed by atoms with Crippen LogP contribution in [0.2, 0.25) is 0 Å². The van der Waals surface area contributed by atoms with Crippen LogP contribution in [0.3, 0.4) is 0 Å². The summed E-state index contributed by atoms with van der Waals surface area (Å²) < 4.78 is 28.5. The minimum absolute atomic E-state index is 0.0343. The number of hydrogen-bond donors (Lipinski definition) is 3. The van der Waals surface area contributed by atoms with Gasteiger partial charge < -0.3 is 16.0 Å². The van der Waals surface area contributed by atoms with Gasteiger partial charge in [-0.1, -0.05) is 54.1 Å². The number of nitrogens with zero attached hydrogens (tertiary/aromatic N) is 1. The largest absolute Gasteiger partial charge is 0.398 e. The summed E-state index contributed by atoms with van der Waals surface area (Å²) in [5.74, 6) is -3.03. The number of benzene rings is 4. The number of rotatable bonds is 10. The van der Waals surface area contributed by atoms with Crippen LogP contribution in [0.5, 0.6) is 0 Å². The Balaban J connectivity index is 1.54. The number of carbonyl (C=O) groups excluding carboxylic acids is 3. The lowest BCUT2D eigenvalue weighted by atomic mass is 9.97. The summed E-state index contributed by atoms with van der Waals surface area (Å²) in [5.41, 5.74) is 8.68. The zero-order valence-electron chi connectivity index (χ0n) is 23.8. The number of anilines is 2. The van der Waals surface area contributed by atoms with Crippen molar-refractivity contribution in [2.24, 2.45) is 5.92 Å². The van der Waals surface area contributed by atoms with Gasteiger partial charge in [-0.3, -0.25) is 14.4 Å². The lowest BCUT2D eigenvalue weighted by Gasteiger charge is -2.25. The minimum Gasteiger partial charge on any atom is -0.398 e. The molecule has 0 aliphatic heterocycles. The SMILES string of the molecule is CCN(CC)C(=O)C(Cc1ccc(NC(=O)c2cc(C)ccc2N)cc1)C(=O)NS(=O)(=O)c1ccc2ccccc2c1. The first-order valence-electron chi connectivity index (χ1n) is 13.6. The van der Waals surface area contributed by atoms with Gasteiger partial charge in [0.1, 0.15) is 5.92 Å². The van der Waals surface area contributed by atoms with Gasteiger partial charge in [-0.2, -0.15) is 0 Å². The van der Waals surface area contributed by atoms with E-state index < -0.39 is 27.8 Å². The molecule has 9 nitrogen and oxygen atoms in total. The van der Waals surface area contributed by atoms with E-state index >= 15 is 0 Å². The lowest BCUT2D eigenvalue weighted by Crippen LogP contribution is -2.46. The van der Waals surface area contributed by atoms with E-state index in [0.29, 0.717) is 41.0 Å². The standard InChI is InChI=1S/C32H34N4O5S/c1-4-36(5-2)32(39)28(31(38)35-42(40,41)26-16-13-23-8-6-7-9-24(23)20-26)19-22-11-14-25(15-12-22)34-30(37)27-18-21(3)10-17-29(27)33/h6-18,20,28H,4-5,19,33H2,1-3H3,(H,34,37)(H,35,38). The van der Waals surface area contributed by atoms with E-state index in [2.05, 4.69) is 10.0 Å². The molecule has 218 valence electrons. The molecule has 4 aromatic carbocycles. The molecule has 0 fully saturated rings. The molecule has 10 heteroatoms. The fraction of sp³-hybridized carbons (Fsp3) is 0.219. The van der Waals surface area contributed by atoms with Gasteiger partial charge in [0.2, 0.25) is 11.8 Å². The number of carbonyl (C=O) groups is 3. The third kappa shape index (κ3) is 6.95. The number of aryl methyl sites for hydroxylation is 1. The molecule has 1 unspecified atom stereocenters. The van der Waals surface area contributed by atoms with Crippen LogP contribution in [0.25, 0.3) is 10.8 Å². The van der Waals surface area contributed by atoms with E-state index in [4.69, 9.17) is 5.73 Å². The first-order chi connectivity index (χ1) is 20.0. The Bertz CT molecular complexity index is 1730. The van der Waals surface area contributed by atoms with Gasteiger partial charge in [-0.25, -0.2) is 13.1 Å². The number of hydrogen-bond acceptors (Lipinski definition) is 6. The zero-order chi connectivity index (χ0) is 30.4. The van der Waals surface area contributed by atoms with Crippen LogP contribution >= 0.6 is 0 Å². The number of nitrogens with one attached hydrogen (secondary N) is 2. The van der Waals surface area contributed by atoms with Gasteiger partial charge in [0.05, 0.1) is 10.5 Å². The van der Waals surface area contributed by atoms with Crippen LogP contribution in [-0.2, 0) is 26.0 Å². The maximum Gasteiger partial charge on any atom is 0.264 e. The van der Waals surface area contributed by atoms with Crippen molar-refractivity contribution < 1.29 is 22.8 Å². The molecule has 4 aromatic rings. The molecule has 1 atom stereocenters. The zero-order valence-corrected chi connectivity index (χ0v) is 24.6. The van der Waals surface area contributed by atoms with Crippen molar-refractivity contribution >= 4 is 49.9 Å². The molecule has 42 heavy (non-hydrogen) atoms. The smallest absolute Gasteiger partial charge is 0.264 e. The summed E-state index contributed by atoms with van der Waals surface area (Å²) in [6, 6.07) is 23.7. The van der Waals surface area contributed by atoms with Gasteiger partial charge in [0.25, 0.3) is 15.9 Å². The molecule has 0 spiro atoms. The second-order valence-electron chi connectivity index (χ2n) is 9.99. The van der Waals surface area contributed by atoms with Crippen LogP contribution in [0, 0.1) is 12.8 Å². The minimum atomic E-state index is -4.24. The first-order valence-corrected chi connectivity index (χ1v) is 15.1. The first kappa shape index (κ1) is 30.3. The Labute approximate surface area is 245 Å². The van der Waals surface area contributed by atoms with Gasteiger partial charge >= 0.3 is 0 Å². The Hall–Kier alpha value is -4.70. The average Bonchev–Trinajstić information content (AvgIpc) is 2.97. The molecule has 3 amide bonds. The molecule has 0 aliphatic carbocycles. The third-order valence-corrected chi connectivity index (χ3v) is 8.41. The highest BCUT2D eigenvalue weighted by molar-refractivity contribution is 7.90. The van der Waals surface area contributed by atoms with Crippen molar-refractivity contribution in [2.45, 2.75) is 32.1 Å². The summed E-state index contributed by atoms with van der Waals surface area (Å²) in [6.45, 7) is 6.18. The predicted molar refractivity (Wildman–Crippen MR) is 164 cm³/mol. The van der Waals surface area contributed by atoms with Gasteiger partial charge in [-0.05, 0) is 79.9 Å². The number of fused-ring (bicyclic) bond motifs is 1. The predicted octanol–water partition coefficient (Wildman–Crippen LogP) is 4.51. The van der Waals surface area contributed by atoms with E-state index in [1.54, 1.807) is 68.4 Å². The molecule has 0 heterocycles. The maximum atomic E-state index is 13.4. The van der Waals surface area contributed by atoms with E-state index in [1.165, 1.54) is 17.0 Å². The van der Waals surface area contributed by atoms with Gasteiger partial charge in [-0.15, -0.1) is 0 Å². The lowest BCUT2D eigenvalue weighted by molar-refractivity contribution is -0.141. The highest BCUT2D eigenvalue weighted by Gasteiger charge is 2.33. The van der Waals surface area contributed by atoms with Crippen molar-refractivity contribution in [1.29, 1.82) is 0 Å². The van der Waals surface area contributed by atoms with Crippen molar-refractivity contribution in [3.63, 3.8) is 0 Å². The van der Waals surface area contributed by atoms with Crippen LogP contribution < -0.4 is 15.8 Å². The average molecular weight is 587 g/mol. The highest BCUT2D eigenvalue weighted by atomic mass is 32.2. The van der Waals surface area contributed by atoms with Crippen molar-refractivity contribution in [3.05, 3.63) is 102 Å². The van der Waals surface area contributed by atoms with Crippen molar-refractivity contribution in [3.8, 4) is 0 Å². The highest BCUT2D eigenvalue weighted by Crippen LogP contribution is 2.22. The summed E-state index contributed by atoms with van der Waals surface area (Å²) >= 11 is 0. The van der Waals surface area contributed by atoms with Gasteiger partial charge in [0.15, 0.2) is 0 Å². The quantitative estimate of drug-likeness (QED) is 0.185. The molecule has 4 rings (SSSR count). The molecular formula is C32H34N4O5S. The van der Waals surface area contributed by atoms with E-state index in [0.717, 1.165) is 10.9 Å². The Kier molecular flexibility index (Phi) is 9.27. The summed E-state index contributed by atoms with van der Waals surface area (Å²) in [4.78, 5) is 40.9. The van der Waals surface area contributed by atoms with E-state index in [9.17, 15) is 22.8 Å². The van der Waals surface area contributed by atoms with Crippen LogP contribution in [0.1, 0.15) is 35.3 Å². The molecule has 0 saturated carbocycles. The van der Waals surface area contributed by atoms with Crippen molar-refractivity contribution in [1.82, 2.24) is 9.62 Å². The molecule has 0 aromatic heterocycles. The number of nitrogens with two attached hydrogens (primary N) is 1. The molecule has 4 N–H and O–H groups in total. The number of amides is 3. The maximum absolute atomic E-state index is 13.4. The van der Waals surface area contributed by atoms with Crippen LogP contribution in [-0.4, -0.2) is 44.1 Å². The topological polar surface area (TPSA) is 139 Å².